The maximum absolute atomic E-state index is 11.8. The van der Waals surface area contributed by atoms with Crippen LogP contribution in [-0.4, -0.2) is 38.9 Å². The summed E-state index contributed by atoms with van der Waals surface area (Å²) in [5.74, 6) is 0.291. The highest BCUT2D eigenvalue weighted by Crippen LogP contribution is 2.19. The van der Waals surface area contributed by atoms with Crippen LogP contribution < -0.4 is 16.0 Å². The Morgan fingerprint density at radius 3 is 3.16 bits per heavy atom. The Labute approximate surface area is 117 Å². The minimum absolute atomic E-state index is 0.252. The molecule has 1 fully saturated rings. The summed E-state index contributed by atoms with van der Waals surface area (Å²) in [4.78, 5) is 11.8. The Hall–Kier alpha value is -1.30. The topological polar surface area (TPSA) is 62.4 Å². The first-order valence-corrected chi connectivity index (χ1v) is 6.71. The maximum atomic E-state index is 11.8. The normalized spacial score (nSPS) is 19.5. The molecular weight excluding hydrogens is 266 g/mol. The molecular formula is C13H18ClN3O2. The van der Waals surface area contributed by atoms with E-state index >= 15 is 0 Å². The molecule has 19 heavy (non-hydrogen) atoms. The first-order chi connectivity index (χ1) is 9.25. The van der Waals surface area contributed by atoms with Crippen LogP contribution in [0.4, 0.5) is 10.5 Å². The first kappa shape index (κ1) is 14.1. The number of rotatable bonds is 3. The molecule has 1 saturated heterocycles. The minimum Gasteiger partial charge on any atom is -0.380 e. The van der Waals surface area contributed by atoms with E-state index in [1.165, 1.54) is 0 Å². The Morgan fingerprint density at radius 2 is 2.32 bits per heavy atom. The molecule has 2 amide bonds. The Bertz CT molecular complexity index is 420. The van der Waals surface area contributed by atoms with Crippen LogP contribution in [-0.2, 0) is 4.74 Å². The fourth-order valence-corrected chi connectivity index (χ4v) is 2.04. The van der Waals surface area contributed by atoms with Gasteiger partial charge in [-0.1, -0.05) is 23.7 Å². The van der Waals surface area contributed by atoms with Crippen molar-refractivity contribution in [1.29, 1.82) is 0 Å². The van der Waals surface area contributed by atoms with E-state index in [2.05, 4.69) is 16.0 Å². The number of hydrogen-bond acceptors (Lipinski definition) is 3. The summed E-state index contributed by atoms with van der Waals surface area (Å²) in [6.07, 6.45) is 0. The average molecular weight is 284 g/mol. The van der Waals surface area contributed by atoms with Crippen LogP contribution >= 0.6 is 11.6 Å². The van der Waals surface area contributed by atoms with Crippen molar-refractivity contribution in [3.63, 3.8) is 0 Å². The lowest BCUT2D eigenvalue weighted by Crippen LogP contribution is -2.37. The summed E-state index contributed by atoms with van der Waals surface area (Å²) < 4.78 is 5.42. The van der Waals surface area contributed by atoms with Crippen molar-refractivity contribution in [2.45, 2.75) is 0 Å². The van der Waals surface area contributed by atoms with Crippen molar-refractivity contribution in [3.8, 4) is 0 Å². The smallest absolute Gasteiger partial charge is 0.319 e. The van der Waals surface area contributed by atoms with E-state index in [1.54, 1.807) is 12.1 Å². The summed E-state index contributed by atoms with van der Waals surface area (Å²) in [5, 5.41) is 9.34. The van der Waals surface area contributed by atoms with Gasteiger partial charge in [-0.3, -0.25) is 0 Å². The van der Waals surface area contributed by atoms with Crippen LogP contribution in [0.15, 0.2) is 24.3 Å². The molecule has 0 aromatic heterocycles. The van der Waals surface area contributed by atoms with Crippen molar-refractivity contribution in [2.24, 2.45) is 5.92 Å². The minimum atomic E-state index is -0.252. The van der Waals surface area contributed by atoms with Gasteiger partial charge in [-0.05, 0) is 12.1 Å². The Balaban J connectivity index is 1.76. The predicted molar refractivity (Wildman–Crippen MR) is 75.7 cm³/mol. The lowest BCUT2D eigenvalue weighted by atomic mass is 10.1. The molecule has 2 rings (SSSR count). The molecule has 1 aliphatic rings. The van der Waals surface area contributed by atoms with Crippen molar-refractivity contribution < 1.29 is 9.53 Å². The van der Waals surface area contributed by atoms with E-state index in [9.17, 15) is 4.79 Å². The van der Waals surface area contributed by atoms with Crippen LogP contribution in [0.25, 0.3) is 0 Å². The zero-order valence-electron chi connectivity index (χ0n) is 10.6. The number of hydrogen-bond donors (Lipinski definition) is 3. The largest absolute Gasteiger partial charge is 0.380 e. The summed E-state index contributed by atoms with van der Waals surface area (Å²) in [6.45, 7) is 3.68. The van der Waals surface area contributed by atoms with E-state index in [0.717, 1.165) is 19.7 Å². The number of anilines is 1. The third kappa shape index (κ3) is 4.70. The van der Waals surface area contributed by atoms with Crippen molar-refractivity contribution >= 4 is 23.3 Å². The number of nitrogens with one attached hydrogen (secondary N) is 3. The summed E-state index contributed by atoms with van der Waals surface area (Å²) >= 11 is 5.97. The van der Waals surface area contributed by atoms with Crippen LogP contribution in [0.3, 0.4) is 0 Å². The molecule has 0 unspecified atom stereocenters. The van der Waals surface area contributed by atoms with Crippen LogP contribution in [0.2, 0.25) is 5.02 Å². The Kier molecular flexibility index (Phi) is 5.44. The molecule has 1 aromatic carbocycles. The van der Waals surface area contributed by atoms with E-state index in [4.69, 9.17) is 16.3 Å². The molecule has 1 heterocycles. The lowest BCUT2D eigenvalue weighted by molar-refractivity contribution is 0.123. The molecule has 1 atom stereocenters. The molecule has 6 heteroatoms. The fourth-order valence-electron chi connectivity index (χ4n) is 1.86. The fraction of sp³-hybridized carbons (Fsp3) is 0.462. The third-order valence-electron chi connectivity index (χ3n) is 2.88. The number of amides is 2. The van der Waals surface area contributed by atoms with Gasteiger partial charge in [-0.15, -0.1) is 0 Å². The zero-order chi connectivity index (χ0) is 13.5. The number of carbonyl (C=O) groups is 1. The molecule has 0 aliphatic carbocycles. The van der Waals surface area contributed by atoms with Gasteiger partial charge in [0.1, 0.15) is 0 Å². The molecule has 1 aromatic rings. The van der Waals surface area contributed by atoms with Crippen molar-refractivity contribution in [1.82, 2.24) is 10.6 Å². The highest BCUT2D eigenvalue weighted by atomic mass is 35.5. The average Bonchev–Trinajstić information content (AvgIpc) is 2.68. The third-order valence-corrected chi connectivity index (χ3v) is 3.21. The number of carbonyl (C=O) groups excluding carboxylic acids is 1. The highest BCUT2D eigenvalue weighted by molar-refractivity contribution is 6.33. The molecule has 0 bridgehead atoms. The first-order valence-electron chi connectivity index (χ1n) is 6.33. The number of para-hydroxylation sites is 1. The zero-order valence-corrected chi connectivity index (χ0v) is 11.4. The number of halogens is 1. The molecule has 104 valence electrons. The van der Waals surface area contributed by atoms with E-state index < -0.39 is 0 Å². The molecule has 0 spiro atoms. The van der Waals surface area contributed by atoms with Gasteiger partial charge in [0.15, 0.2) is 0 Å². The summed E-state index contributed by atoms with van der Waals surface area (Å²) in [7, 11) is 0. The molecule has 0 saturated carbocycles. The molecule has 1 aliphatic heterocycles. The van der Waals surface area contributed by atoms with Gasteiger partial charge in [0.25, 0.3) is 0 Å². The van der Waals surface area contributed by atoms with Crippen LogP contribution in [0.1, 0.15) is 0 Å². The van der Waals surface area contributed by atoms with E-state index in [-0.39, 0.29) is 6.03 Å². The van der Waals surface area contributed by atoms with Gasteiger partial charge < -0.3 is 20.7 Å². The lowest BCUT2D eigenvalue weighted by Gasteiger charge is -2.15. The van der Waals surface area contributed by atoms with Gasteiger partial charge in [0, 0.05) is 25.6 Å². The number of ether oxygens (including phenoxy) is 1. The van der Waals surface area contributed by atoms with Gasteiger partial charge in [-0.25, -0.2) is 4.79 Å². The highest BCUT2D eigenvalue weighted by Gasteiger charge is 2.13. The second-order valence-electron chi connectivity index (χ2n) is 4.46. The maximum Gasteiger partial charge on any atom is 0.319 e. The van der Waals surface area contributed by atoms with E-state index in [1.807, 2.05) is 12.1 Å². The van der Waals surface area contributed by atoms with Crippen molar-refractivity contribution in [3.05, 3.63) is 29.3 Å². The molecule has 5 nitrogen and oxygen atoms in total. The van der Waals surface area contributed by atoms with E-state index in [0.29, 0.717) is 29.8 Å². The SMILES string of the molecule is O=C(NC[C@@H]1CNCCOC1)Nc1ccccc1Cl. The van der Waals surface area contributed by atoms with Crippen LogP contribution in [0.5, 0.6) is 0 Å². The predicted octanol–water partition coefficient (Wildman–Crippen LogP) is 1.70. The summed E-state index contributed by atoms with van der Waals surface area (Å²) in [6, 6.07) is 6.89. The van der Waals surface area contributed by atoms with Crippen LogP contribution in [0, 0.1) is 5.92 Å². The summed E-state index contributed by atoms with van der Waals surface area (Å²) in [5.41, 5.74) is 0.608. The standard InChI is InChI=1S/C13H18ClN3O2/c14-11-3-1-2-4-12(11)17-13(18)16-8-10-7-15-5-6-19-9-10/h1-4,10,15H,5-9H2,(H2,16,17,18)/t10-/m0/s1. The second-order valence-corrected chi connectivity index (χ2v) is 4.87. The van der Waals surface area contributed by atoms with Gasteiger partial charge in [0.05, 0.1) is 23.9 Å². The van der Waals surface area contributed by atoms with Gasteiger partial charge >= 0.3 is 6.03 Å². The second kappa shape index (κ2) is 7.33. The van der Waals surface area contributed by atoms with Crippen molar-refractivity contribution in [2.75, 3.05) is 38.2 Å². The quantitative estimate of drug-likeness (QED) is 0.791. The number of benzene rings is 1. The van der Waals surface area contributed by atoms with Gasteiger partial charge in [-0.2, -0.15) is 0 Å². The Morgan fingerprint density at radius 1 is 1.47 bits per heavy atom. The molecule has 0 radical (unpaired) electrons. The monoisotopic (exact) mass is 283 g/mol. The number of urea groups is 1. The van der Waals surface area contributed by atoms with Gasteiger partial charge in [0.2, 0.25) is 0 Å². The molecule has 3 N–H and O–H groups in total.